The molecular weight excluding hydrogens is 356 g/mol. The predicted octanol–water partition coefficient (Wildman–Crippen LogP) is 2.42. The third kappa shape index (κ3) is 2.23. The molecule has 0 aromatic carbocycles. The molecule has 0 saturated heterocycles. The van der Waals surface area contributed by atoms with Crippen LogP contribution in [0.2, 0.25) is 5.28 Å². The maximum Gasteiger partial charge on any atom is 0.328 e. The predicted molar refractivity (Wildman–Crippen MR) is 72.0 cm³/mol. The van der Waals surface area contributed by atoms with Gasteiger partial charge < -0.3 is 9.30 Å². The van der Waals surface area contributed by atoms with Crippen LogP contribution in [0.3, 0.4) is 0 Å². The van der Waals surface area contributed by atoms with Crippen molar-refractivity contribution in [1.29, 1.82) is 0 Å². The lowest BCUT2D eigenvalue weighted by molar-refractivity contribution is -0.143. The van der Waals surface area contributed by atoms with Crippen molar-refractivity contribution in [3.05, 3.63) is 21.2 Å². The molecule has 0 N–H and O–H groups in total. The number of carbonyl (C=O) groups excluding carboxylic acids is 1. The minimum absolute atomic E-state index is 0.158. The molecule has 90 valence electrons. The number of esters is 1. The van der Waals surface area contributed by atoms with Gasteiger partial charge in [-0.05, 0) is 41.1 Å². The van der Waals surface area contributed by atoms with Crippen molar-refractivity contribution in [3.8, 4) is 0 Å². The van der Waals surface area contributed by atoms with Gasteiger partial charge in [0.1, 0.15) is 11.7 Å². The Morgan fingerprint density at radius 1 is 1.65 bits per heavy atom. The second-order valence-electron chi connectivity index (χ2n) is 3.46. The molecule has 0 amide bonds. The van der Waals surface area contributed by atoms with Gasteiger partial charge in [0.15, 0.2) is 0 Å². The van der Waals surface area contributed by atoms with E-state index in [1.165, 1.54) is 7.11 Å². The summed E-state index contributed by atoms with van der Waals surface area (Å²) in [6.45, 7) is 1.75. The van der Waals surface area contributed by atoms with E-state index in [0.29, 0.717) is 5.65 Å². The molecular formula is C10H9ClIN3O2. The molecule has 0 aliphatic rings. The monoisotopic (exact) mass is 365 g/mol. The topological polar surface area (TPSA) is 57.0 Å². The molecule has 0 aliphatic heterocycles. The van der Waals surface area contributed by atoms with Crippen LogP contribution in [0.4, 0.5) is 0 Å². The third-order valence-corrected chi connectivity index (χ3v) is 3.49. The smallest absolute Gasteiger partial charge is 0.328 e. The normalized spacial score (nSPS) is 12.7. The summed E-state index contributed by atoms with van der Waals surface area (Å²) in [5, 5.41) is 1.02. The van der Waals surface area contributed by atoms with Crippen molar-refractivity contribution < 1.29 is 9.53 Å². The van der Waals surface area contributed by atoms with Crippen LogP contribution in [0.15, 0.2) is 12.4 Å². The molecule has 2 heterocycles. The lowest BCUT2D eigenvalue weighted by Crippen LogP contribution is -2.17. The summed E-state index contributed by atoms with van der Waals surface area (Å²) < 4.78 is 7.41. The van der Waals surface area contributed by atoms with Gasteiger partial charge in [0.2, 0.25) is 5.28 Å². The Hall–Kier alpha value is -0.890. The summed E-state index contributed by atoms with van der Waals surface area (Å²) in [6.07, 6.45) is 3.48. The van der Waals surface area contributed by atoms with Gasteiger partial charge in [-0.2, -0.15) is 4.98 Å². The number of methoxy groups -OCH3 is 1. The second kappa shape index (κ2) is 4.77. The molecule has 17 heavy (non-hydrogen) atoms. The Balaban J connectivity index is 2.61. The number of hydrogen-bond acceptors (Lipinski definition) is 4. The van der Waals surface area contributed by atoms with Gasteiger partial charge in [0.25, 0.3) is 0 Å². The highest BCUT2D eigenvalue weighted by molar-refractivity contribution is 14.1. The lowest BCUT2D eigenvalue weighted by atomic mass is 10.3. The largest absolute Gasteiger partial charge is 0.467 e. The Bertz CT molecular complexity index is 584. The van der Waals surface area contributed by atoms with E-state index < -0.39 is 6.04 Å². The molecule has 5 nitrogen and oxygen atoms in total. The first-order chi connectivity index (χ1) is 8.04. The molecule has 2 aromatic rings. The Kier molecular flexibility index (Phi) is 3.53. The van der Waals surface area contributed by atoms with Crippen molar-refractivity contribution in [3.63, 3.8) is 0 Å². The van der Waals surface area contributed by atoms with Crippen LogP contribution in [0, 0.1) is 3.57 Å². The summed E-state index contributed by atoms with van der Waals surface area (Å²) in [6, 6.07) is -0.447. The van der Waals surface area contributed by atoms with Crippen LogP contribution in [0.25, 0.3) is 11.0 Å². The maximum atomic E-state index is 11.5. The summed E-state index contributed by atoms with van der Waals surface area (Å²) in [7, 11) is 1.36. The van der Waals surface area contributed by atoms with E-state index in [4.69, 9.17) is 16.3 Å². The zero-order valence-electron chi connectivity index (χ0n) is 9.15. The fourth-order valence-corrected chi connectivity index (χ4v) is 2.36. The quantitative estimate of drug-likeness (QED) is 0.466. The number of carbonyl (C=O) groups is 1. The molecule has 0 unspecified atom stereocenters. The van der Waals surface area contributed by atoms with Gasteiger partial charge in [-0.25, -0.2) is 9.78 Å². The molecule has 2 aromatic heterocycles. The van der Waals surface area contributed by atoms with Crippen LogP contribution in [-0.2, 0) is 9.53 Å². The maximum absolute atomic E-state index is 11.5. The zero-order valence-corrected chi connectivity index (χ0v) is 12.1. The first kappa shape index (κ1) is 12.6. The lowest BCUT2D eigenvalue weighted by Gasteiger charge is -2.11. The Morgan fingerprint density at radius 3 is 3.00 bits per heavy atom. The summed E-state index contributed by atoms with van der Waals surface area (Å²) in [4.78, 5) is 19.6. The Morgan fingerprint density at radius 2 is 2.35 bits per heavy atom. The van der Waals surface area contributed by atoms with E-state index in [1.54, 1.807) is 17.7 Å². The molecule has 0 bridgehead atoms. The number of halogens is 2. The third-order valence-electron chi connectivity index (χ3n) is 2.45. The number of rotatable bonds is 2. The molecule has 0 fully saturated rings. The highest BCUT2D eigenvalue weighted by Gasteiger charge is 2.19. The highest BCUT2D eigenvalue weighted by atomic mass is 127. The SMILES string of the molecule is COC(=O)[C@@H](C)n1cc(I)c2cnc(Cl)nc21. The number of aromatic nitrogens is 3. The molecule has 0 radical (unpaired) electrons. The number of ether oxygens (including phenoxy) is 1. The van der Waals surface area contributed by atoms with Gasteiger partial charge in [-0.15, -0.1) is 0 Å². The molecule has 0 saturated carbocycles. The Labute approximate surface area is 116 Å². The first-order valence-electron chi connectivity index (χ1n) is 4.81. The zero-order chi connectivity index (χ0) is 12.6. The molecule has 1 atom stereocenters. The van der Waals surface area contributed by atoms with E-state index >= 15 is 0 Å². The van der Waals surface area contributed by atoms with E-state index in [2.05, 4.69) is 32.6 Å². The molecule has 2 rings (SSSR count). The highest BCUT2D eigenvalue weighted by Crippen LogP contribution is 2.25. The number of nitrogens with zero attached hydrogens (tertiary/aromatic N) is 3. The van der Waals surface area contributed by atoms with Gasteiger partial charge in [-0.1, -0.05) is 0 Å². The minimum atomic E-state index is -0.447. The van der Waals surface area contributed by atoms with Crippen LogP contribution in [-0.4, -0.2) is 27.6 Å². The van der Waals surface area contributed by atoms with Crippen molar-refractivity contribution in [2.45, 2.75) is 13.0 Å². The second-order valence-corrected chi connectivity index (χ2v) is 4.96. The first-order valence-corrected chi connectivity index (χ1v) is 6.26. The van der Waals surface area contributed by atoms with Crippen LogP contribution < -0.4 is 0 Å². The molecule has 0 aliphatic carbocycles. The standard InChI is InChI=1S/C10H9ClIN3O2/c1-5(9(16)17-2)15-4-7(12)6-3-13-10(11)14-8(6)15/h3-5H,1-2H3/t5-/m1/s1. The van der Waals surface area contributed by atoms with Crippen molar-refractivity contribution in [1.82, 2.24) is 14.5 Å². The van der Waals surface area contributed by atoms with E-state index in [-0.39, 0.29) is 11.3 Å². The summed E-state index contributed by atoms with van der Waals surface area (Å²) >= 11 is 7.93. The average molecular weight is 366 g/mol. The van der Waals surface area contributed by atoms with Gasteiger partial charge in [0, 0.05) is 16.0 Å². The summed E-state index contributed by atoms with van der Waals surface area (Å²) in [5.41, 5.74) is 0.632. The van der Waals surface area contributed by atoms with Crippen LogP contribution in [0.5, 0.6) is 0 Å². The van der Waals surface area contributed by atoms with Crippen LogP contribution >= 0.6 is 34.2 Å². The molecule has 0 spiro atoms. The van der Waals surface area contributed by atoms with E-state index in [9.17, 15) is 4.79 Å². The van der Waals surface area contributed by atoms with Crippen molar-refractivity contribution >= 4 is 51.2 Å². The van der Waals surface area contributed by atoms with Crippen LogP contribution in [0.1, 0.15) is 13.0 Å². The van der Waals surface area contributed by atoms with Gasteiger partial charge >= 0.3 is 5.97 Å². The van der Waals surface area contributed by atoms with Gasteiger partial charge in [0.05, 0.1) is 12.5 Å². The number of hydrogen-bond donors (Lipinski definition) is 0. The average Bonchev–Trinajstić information content (AvgIpc) is 2.64. The number of fused-ring (bicyclic) bond motifs is 1. The van der Waals surface area contributed by atoms with E-state index in [1.807, 2.05) is 6.20 Å². The summed E-state index contributed by atoms with van der Waals surface area (Å²) in [5.74, 6) is -0.326. The molecule has 7 heteroatoms. The van der Waals surface area contributed by atoms with Gasteiger partial charge in [-0.3, -0.25) is 0 Å². The minimum Gasteiger partial charge on any atom is -0.467 e. The van der Waals surface area contributed by atoms with E-state index in [0.717, 1.165) is 8.96 Å². The fourth-order valence-electron chi connectivity index (χ4n) is 1.55. The fraction of sp³-hybridized carbons (Fsp3) is 0.300. The van der Waals surface area contributed by atoms with Crippen molar-refractivity contribution in [2.75, 3.05) is 7.11 Å². The van der Waals surface area contributed by atoms with Crippen molar-refractivity contribution in [2.24, 2.45) is 0 Å².